The van der Waals surface area contributed by atoms with Crippen LogP contribution in [0.4, 0.5) is 5.95 Å². The highest BCUT2D eigenvalue weighted by Gasteiger charge is 2.24. The Balaban J connectivity index is 1.99. The lowest BCUT2D eigenvalue weighted by molar-refractivity contribution is 0.161. The van der Waals surface area contributed by atoms with E-state index in [1.54, 1.807) is 7.11 Å². The number of hydrogen-bond acceptors (Lipinski definition) is 5. The molecule has 0 spiro atoms. The SMILES string of the molecule is COCC1CCN(c2ncc(CNC(C)(C)C)c(C)n2)C1. The lowest BCUT2D eigenvalue weighted by Gasteiger charge is -2.22. The van der Waals surface area contributed by atoms with Gasteiger partial charge in [-0.15, -0.1) is 0 Å². The van der Waals surface area contributed by atoms with Crippen LogP contribution in [-0.4, -0.2) is 42.3 Å². The molecule has 5 nitrogen and oxygen atoms in total. The number of aromatic nitrogens is 2. The van der Waals surface area contributed by atoms with Gasteiger partial charge >= 0.3 is 0 Å². The van der Waals surface area contributed by atoms with Crippen LogP contribution in [0.25, 0.3) is 0 Å². The summed E-state index contributed by atoms with van der Waals surface area (Å²) in [6.07, 6.45) is 3.11. The van der Waals surface area contributed by atoms with Crippen molar-refractivity contribution in [3.63, 3.8) is 0 Å². The van der Waals surface area contributed by atoms with Gasteiger partial charge < -0.3 is 15.0 Å². The average molecular weight is 292 g/mol. The Bertz CT molecular complexity index is 470. The van der Waals surface area contributed by atoms with Gasteiger partial charge in [-0.3, -0.25) is 0 Å². The van der Waals surface area contributed by atoms with Gasteiger partial charge in [0.2, 0.25) is 5.95 Å². The number of ether oxygens (including phenoxy) is 1. The largest absolute Gasteiger partial charge is 0.384 e. The molecule has 0 aromatic carbocycles. The summed E-state index contributed by atoms with van der Waals surface area (Å²) in [5.41, 5.74) is 2.33. The van der Waals surface area contributed by atoms with E-state index in [-0.39, 0.29) is 5.54 Å². The molecule has 1 N–H and O–H groups in total. The van der Waals surface area contributed by atoms with E-state index in [1.165, 1.54) is 5.56 Å². The fourth-order valence-corrected chi connectivity index (χ4v) is 2.55. The zero-order valence-corrected chi connectivity index (χ0v) is 13.9. The van der Waals surface area contributed by atoms with Gasteiger partial charge in [-0.1, -0.05) is 0 Å². The quantitative estimate of drug-likeness (QED) is 0.901. The van der Waals surface area contributed by atoms with Crippen LogP contribution in [0.3, 0.4) is 0 Å². The molecule has 0 amide bonds. The van der Waals surface area contributed by atoms with Crippen molar-refractivity contribution in [1.29, 1.82) is 0 Å². The fourth-order valence-electron chi connectivity index (χ4n) is 2.55. The molecule has 1 saturated heterocycles. The minimum Gasteiger partial charge on any atom is -0.384 e. The van der Waals surface area contributed by atoms with Crippen LogP contribution in [0, 0.1) is 12.8 Å². The zero-order chi connectivity index (χ0) is 15.5. The van der Waals surface area contributed by atoms with Gasteiger partial charge in [-0.2, -0.15) is 0 Å². The molecule has 0 aliphatic carbocycles. The number of nitrogens with zero attached hydrogens (tertiary/aromatic N) is 3. The lowest BCUT2D eigenvalue weighted by Crippen LogP contribution is -2.35. The van der Waals surface area contributed by atoms with Crippen molar-refractivity contribution in [2.45, 2.75) is 46.2 Å². The summed E-state index contributed by atoms with van der Waals surface area (Å²) in [5.74, 6) is 1.45. The summed E-state index contributed by atoms with van der Waals surface area (Å²) in [6.45, 7) is 12.2. The highest BCUT2D eigenvalue weighted by Crippen LogP contribution is 2.21. The Kier molecular flexibility index (Phi) is 5.17. The Morgan fingerprint density at radius 2 is 2.19 bits per heavy atom. The van der Waals surface area contributed by atoms with E-state index in [2.05, 4.69) is 47.9 Å². The molecule has 21 heavy (non-hydrogen) atoms. The molecule has 0 saturated carbocycles. The first-order valence-corrected chi connectivity index (χ1v) is 7.70. The summed E-state index contributed by atoms with van der Waals surface area (Å²) in [6, 6.07) is 0. The highest BCUT2D eigenvalue weighted by molar-refractivity contribution is 5.34. The smallest absolute Gasteiger partial charge is 0.225 e. The second kappa shape index (κ2) is 6.71. The first kappa shape index (κ1) is 16.2. The first-order valence-electron chi connectivity index (χ1n) is 7.70. The number of hydrogen-bond donors (Lipinski definition) is 1. The number of methoxy groups -OCH3 is 1. The summed E-state index contributed by atoms with van der Waals surface area (Å²) < 4.78 is 5.24. The van der Waals surface area contributed by atoms with Gasteiger partial charge in [0.15, 0.2) is 0 Å². The second-order valence-electron chi connectivity index (χ2n) is 6.94. The molecule has 118 valence electrons. The average Bonchev–Trinajstić information content (AvgIpc) is 2.85. The van der Waals surface area contributed by atoms with Crippen LogP contribution < -0.4 is 10.2 Å². The van der Waals surface area contributed by atoms with E-state index < -0.39 is 0 Å². The van der Waals surface area contributed by atoms with Crippen molar-refractivity contribution in [3.05, 3.63) is 17.5 Å². The van der Waals surface area contributed by atoms with Crippen LogP contribution >= 0.6 is 0 Å². The standard InChI is InChI=1S/C16H28N4O/c1-12-14(9-18-16(2,3)4)8-17-15(19-12)20-7-6-13(10-20)11-21-5/h8,13,18H,6-7,9-11H2,1-5H3. The molecule has 1 aliphatic heterocycles. The summed E-state index contributed by atoms with van der Waals surface area (Å²) in [4.78, 5) is 11.5. The molecule has 1 fully saturated rings. The molecule has 1 aromatic heterocycles. The Morgan fingerprint density at radius 1 is 1.43 bits per heavy atom. The molecule has 1 atom stereocenters. The maximum atomic E-state index is 5.24. The molecule has 0 radical (unpaired) electrons. The van der Waals surface area contributed by atoms with Gasteiger partial charge in [0.05, 0.1) is 6.61 Å². The van der Waals surface area contributed by atoms with E-state index in [4.69, 9.17) is 4.74 Å². The van der Waals surface area contributed by atoms with E-state index in [0.29, 0.717) is 5.92 Å². The Hall–Kier alpha value is -1.20. The van der Waals surface area contributed by atoms with Crippen LogP contribution in [-0.2, 0) is 11.3 Å². The predicted molar refractivity (Wildman–Crippen MR) is 85.6 cm³/mol. The number of aryl methyl sites for hydroxylation is 1. The van der Waals surface area contributed by atoms with Crippen LogP contribution in [0.15, 0.2) is 6.20 Å². The van der Waals surface area contributed by atoms with Crippen LogP contribution in [0.5, 0.6) is 0 Å². The van der Waals surface area contributed by atoms with E-state index in [1.807, 2.05) is 6.20 Å². The van der Waals surface area contributed by atoms with E-state index in [0.717, 1.165) is 44.3 Å². The topological polar surface area (TPSA) is 50.3 Å². The highest BCUT2D eigenvalue weighted by atomic mass is 16.5. The van der Waals surface area contributed by atoms with Crippen molar-refractivity contribution < 1.29 is 4.74 Å². The molecule has 0 bridgehead atoms. The summed E-state index contributed by atoms with van der Waals surface area (Å²) in [7, 11) is 1.76. The van der Waals surface area contributed by atoms with Gasteiger partial charge in [0.1, 0.15) is 0 Å². The van der Waals surface area contributed by atoms with Gasteiger partial charge in [0, 0.05) is 55.7 Å². The number of anilines is 1. The predicted octanol–water partition coefficient (Wildman–Crippen LogP) is 2.15. The van der Waals surface area contributed by atoms with Gasteiger partial charge in [-0.05, 0) is 34.1 Å². The van der Waals surface area contributed by atoms with Crippen LogP contribution in [0.1, 0.15) is 38.4 Å². The Labute approximate surface area is 128 Å². The van der Waals surface area contributed by atoms with Crippen LogP contribution in [0.2, 0.25) is 0 Å². The number of rotatable bonds is 5. The maximum Gasteiger partial charge on any atom is 0.225 e. The third-order valence-electron chi connectivity index (χ3n) is 3.85. The lowest BCUT2D eigenvalue weighted by atomic mass is 10.1. The van der Waals surface area contributed by atoms with E-state index in [9.17, 15) is 0 Å². The molecular weight excluding hydrogens is 264 g/mol. The third-order valence-corrected chi connectivity index (χ3v) is 3.85. The molecular formula is C16H28N4O. The third kappa shape index (κ3) is 4.64. The molecule has 1 aromatic rings. The van der Waals surface area contributed by atoms with Gasteiger partial charge in [0.25, 0.3) is 0 Å². The summed E-state index contributed by atoms with van der Waals surface area (Å²) in [5, 5.41) is 3.48. The van der Waals surface area contributed by atoms with Crippen molar-refractivity contribution >= 4 is 5.95 Å². The van der Waals surface area contributed by atoms with Crippen molar-refractivity contribution in [2.75, 3.05) is 31.7 Å². The normalized spacial score (nSPS) is 19.3. The first-order chi connectivity index (χ1) is 9.89. The minimum absolute atomic E-state index is 0.105. The molecule has 2 rings (SSSR count). The van der Waals surface area contributed by atoms with Crippen molar-refractivity contribution in [3.8, 4) is 0 Å². The minimum atomic E-state index is 0.105. The summed E-state index contributed by atoms with van der Waals surface area (Å²) >= 11 is 0. The van der Waals surface area contributed by atoms with Crippen molar-refractivity contribution in [2.24, 2.45) is 5.92 Å². The molecule has 2 heterocycles. The second-order valence-corrected chi connectivity index (χ2v) is 6.94. The maximum absolute atomic E-state index is 5.24. The molecule has 1 unspecified atom stereocenters. The Morgan fingerprint density at radius 3 is 2.81 bits per heavy atom. The van der Waals surface area contributed by atoms with E-state index >= 15 is 0 Å². The number of nitrogens with one attached hydrogen (secondary N) is 1. The monoisotopic (exact) mass is 292 g/mol. The zero-order valence-electron chi connectivity index (χ0n) is 13.9. The van der Waals surface area contributed by atoms with Gasteiger partial charge in [-0.25, -0.2) is 9.97 Å². The molecule has 5 heteroatoms. The molecule has 1 aliphatic rings. The fraction of sp³-hybridized carbons (Fsp3) is 0.750. The van der Waals surface area contributed by atoms with Crippen molar-refractivity contribution in [1.82, 2.24) is 15.3 Å².